The molecule has 0 aliphatic carbocycles. The van der Waals surface area contributed by atoms with Crippen LogP contribution in [0.3, 0.4) is 0 Å². The minimum absolute atomic E-state index is 0.0313. The summed E-state index contributed by atoms with van der Waals surface area (Å²) in [4.78, 5) is 23.5. The van der Waals surface area contributed by atoms with Gasteiger partial charge in [-0.2, -0.15) is 0 Å². The lowest BCUT2D eigenvalue weighted by molar-refractivity contribution is 0.0670. The van der Waals surface area contributed by atoms with Crippen LogP contribution in [0.25, 0.3) is 5.69 Å². The van der Waals surface area contributed by atoms with E-state index in [2.05, 4.69) is 14.5 Å². The van der Waals surface area contributed by atoms with Crippen molar-refractivity contribution in [1.82, 2.24) is 24.0 Å². The minimum Gasteiger partial charge on any atom is -0.335 e. The fourth-order valence-corrected chi connectivity index (χ4v) is 3.55. The van der Waals surface area contributed by atoms with Crippen LogP contribution in [0.2, 0.25) is 0 Å². The van der Waals surface area contributed by atoms with Gasteiger partial charge < -0.3 is 9.47 Å². The number of carbonyl (C=O) groups is 1. The lowest BCUT2D eigenvalue weighted by atomic mass is 10.0. The van der Waals surface area contributed by atoms with E-state index < -0.39 is 0 Å². The highest BCUT2D eigenvalue weighted by Crippen LogP contribution is 2.24. The number of carbonyl (C=O) groups excluding carboxylic acids is 1. The van der Waals surface area contributed by atoms with E-state index in [0.29, 0.717) is 12.2 Å². The van der Waals surface area contributed by atoms with E-state index in [1.54, 1.807) is 12.5 Å². The Kier molecular flexibility index (Phi) is 4.09. The molecule has 0 spiro atoms. The van der Waals surface area contributed by atoms with Crippen LogP contribution in [-0.4, -0.2) is 43.0 Å². The molecule has 25 heavy (non-hydrogen) atoms. The van der Waals surface area contributed by atoms with E-state index in [9.17, 15) is 4.79 Å². The van der Waals surface area contributed by atoms with Gasteiger partial charge in [0.2, 0.25) is 0 Å². The number of rotatable bonds is 3. The first kappa shape index (κ1) is 15.6. The number of para-hydroxylation sites is 1. The molecule has 0 bridgehead atoms. The summed E-state index contributed by atoms with van der Waals surface area (Å²) in [7, 11) is 0. The normalized spacial score (nSPS) is 17.6. The van der Waals surface area contributed by atoms with Crippen LogP contribution >= 0.6 is 0 Å². The zero-order chi connectivity index (χ0) is 17.2. The molecule has 3 aromatic rings. The van der Waals surface area contributed by atoms with Crippen molar-refractivity contribution in [2.75, 3.05) is 13.1 Å². The third-order valence-corrected chi connectivity index (χ3v) is 4.83. The molecule has 1 aliphatic heterocycles. The van der Waals surface area contributed by atoms with Gasteiger partial charge in [0.25, 0.3) is 5.91 Å². The number of amides is 1. The molecule has 6 heteroatoms. The van der Waals surface area contributed by atoms with Crippen LogP contribution in [0.4, 0.5) is 0 Å². The molecule has 1 saturated heterocycles. The van der Waals surface area contributed by atoms with Crippen molar-refractivity contribution < 1.29 is 4.79 Å². The maximum absolute atomic E-state index is 13.1. The van der Waals surface area contributed by atoms with Gasteiger partial charge in [0.05, 0.1) is 18.6 Å². The zero-order valence-electron chi connectivity index (χ0n) is 14.2. The predicted molar refractivity (Wildman–Crippen MR) is 94.7 cm³/mol. The Balaban J connectivity index is 1.58. The van der Waals surface area contributed by atoms with Crippen LogP contribution in [0.1, 0.15) is 35.2 Å². The summed E-state index contributed by atoms with van der Waals surface area (Å²) < 4.78 is 4.03. The van der Waals surface area contributed by atoms with Crippen LogP contribution in [-0.2, 0) is 0 Å². The highest BCUT2D eigenvalue weighted by molar-refractivity contribution is 5.93. The number of piperidine rings is 1. The number of aromatic nitrogens is 4. The Morgan fingerprint density at radius 2 is 2.08 bits per heavy atom. The summed E-state index contributed by atoms with van der Waals surface area (Å²) in [6.45, 7) is 3.49. The molecule has 2 aromatic heterocycles. The molecule has 6 nitrogen and oxygen atoms in total. The molecule has 1 atom stereocenters. The molecule has 0 radical (unpaired) electrons. The van der Waals surface area contributed by atoms with E-state index in [-0.39, 0.29) is 11.9 Å². The summed E-state index contributed by atoms with van der Waals surface area (Å²) in [6, 6.07) is 10.1. The van der Waals surface area contributed by atoms with Gasteiger partial charge in [-0.15, -0.1) is 0 Å². The Labute approximate surface area is 146 Å². The molecule has 1 fully saturated rings. The molecule has 128 valence electrons. The number of nitrogens with zero attached hydrogens (tertiary/aromatic N) is 5. The lowest BCUT2D eigenvalue weighted by Gasteiger charge is -2.34. The second-order valence-corrected chi connectivity index (χ2v) is 6.41. The zero-order valence-corrected chi connectivity index (χ0v) is 14.2. The van der Waals surface area contributed by atoms with E-state index >= 15 is 0 Å². The third-order valence-electron chi connectivity index (χ3n) is 4.83. The van der Waals surface area contributed by atoms with Gasteiger partial charge >= 0.3 is 0 Å². The first-order chi connectivity index (χ1) is 12.2. The molecule has 4 rings (SSSR count). The second kappa shape index (κ2) is 6.55. The fraction of sp³-hybridized carbons (Fsp3) is 0.316. The van der Waals surface area contributed by atoms with Gasteiger partial charge in [0, 0.05) is 31.2 Å². The lowest BCUT2D eigenvalue weighted by Crippen LogP contribution is -2.41. The summed E-state index contributed by atoms with van der Waals surface area (Å²) >= 11 is 0. The van der Waals surface area contributed by atoms with Crippen molar-refractivity contribution in [3.8, 4) is 5.69 Å². The summed E-state index contributed by atoms with van der Waals surface area (Å²) in [5, 5.41) is 0. The number of aryl methyl sites for hydroxylation is 1. The van der Waals surface area contributed by atoms with Crippen molar-refractivity contribution in [3.63, 3.8) is 0 Å². The SMILES string of the molecule is Cc1nccn1[C@@H]1CCCN(C(=O)c2cncn2-c2ccccc2)C1. The van der Waals surface area contributed by atoms with Crippen molar-refractivity contribution in [1.29, 1.82) is 0 Å². The van der Waals surface area contributed by atoms with Crippen LogP contribution in [0, 0.1) is 6.92 Å². The van der Waals surface area contributed by atoms with Gasteiger partial charge in [-0.1, -0.05) is 18.2 Å². The van der Waals surface area contributed by atoms with Crippen molar-refractivity contribution in [2.24, 2.45) is 0 Å². The second-order valence-electron chi connectivity index (χ2n) is 6.41. The molecule has 0 unspecified atom stereocenters. The first-order valence-electron chi connectivity index (χ1n) is 8.60. The molecule has 1 aromatic carbocycles. The summed E-state index contributed by atoms with van der Waals surface area (Å²) in [6.07, 6.45) is 9.24. The van der Waals surface area contributed by atoms with Gasteiger partial charge in [-0.05, 0) is 31.9 Å². The summed E-state index contributed by atoms with van der Waals surface area (Å²) in [5.74, 6) is 1.03. The molecule has 0 saturated carbocycles. The Morgan fingerprint density at radius 3 is 2.84 bits per heavy atom. The Hall–Kier alpha value is -2.89. The number of likely N-dealkylation sites (tertiary alicyclic amines) is 1. The number of imidazole rings is 2. The first-order valence-corrected chi connectivity index (χ1v) is 8.60. The molecule has 0 N–H and O–H groups in total. The predicted octanol–water partition coefficient (Wildman–Crippen LogP) is 2.85. The highest BCUT2D eigenvalue weighted by atomic mass is 16.2. The van der Waals surface area contributed by atoms with Crippen LogP contribution in [0.15, 0.2) is 55.2 Å². The molecular formula is C19H21N5O. The van der Waals surface area contributed by atoms with E-state index in [1.165, 1.54) is 0 Å². The number of benzene rings is 1. The Bertz CT molecular complexity index is 867. The number of hydrogen-bond donors (Lipinski definition) is 0. The maximum atomic E-state index is 13.1. The topological polar surface area (TPSA) is 56.0 Å². The van der Waals surface area contributed by atoms with Crippen molar-refractivity contribution >= 4 is 5.91 Å². The monoisotopic (exact) mass is 335 g/mol. The minimum atomic E-state index is 0.0313. The number of hydrogen-bond acceptors (Lipinski definition) is 3. The quantitative estimate of drug-likeness (QED) is 0.739. The van der Waals surface area contributed by atoms with Gasteiger partial charge in [-0.3, -0.25) is 9.36 Å². The smallest absolute Gasteiger partial charge is 0.272 e. The molecule has 3 heterocycles. The van der Waals surface area contributed by atoms with Crippen LogP contribution in [0.5, 0.6) is 0 Å². The van der Waals surface area contributed by atoms with E-state index in [1.807, 2.05) is 59.1 Å². The summed E-state index contributed by atoms with van der Waals surface area (Å²) in [5.41, 5.74) is 1.55. The average Bonchev–Trinajstić information content (AvgIpc) is 3.31. The standard InChI is InChI=1S/C19H21N5O/c1-15-21-9-11-23(15)17-8-5-10-22(13-17)19(25)18-12-20-14-24(18)16-6-3-2-4-7-16/h2-4,6-7,9,11-12,14,17H,5,8,10,13H2,1H3/t17-/m1/s1. The van der Waals surface area contributed by atoms with Gasteiger partial charge in [-0.25, -0.2) is 9.97 Å². The highest BCUT2D eigenvalue weighted by Gasteiger charge is 2.27. The fourth-order valence-electron chi connectivity index (χ4n) is 3.55. The van der Waals surface area contributed by atoms with Crippen molar-refractivity contribution in [3.05, 3.63) is 66.8 Å². The maximum Gasteiger partial charge on any atom is 0.272 e. The third kappa shape index (κ3) is 2.95. The molecule has 1 aliphatic rings. The van der Waals surface area contributed by atoms with Crippen molar-refractivity contribution in [2.45, 2.75) is 25.8 Å². The van der Waals surface area contributed by atoms with Gasteiger partial charge in [0.15, 0.2) is 0 Å². The van der Waals surface area contributed by atoms with E-state index in [0.717, 1.165) is 30.9 Å². The Morgan fingerprint density at radius 1 is 1.24 bits per heavy atom. The largest absolute Gasteiger partial charge is 0.335 e. The van der Waals surface area contributed by atoms with Gasteiger partial charge in [0.1, 0.15) is 11.5 Å². The van der Waals surface area contributed by atoms with E-state index in [4.69, 9.17) is 0 Å². The average molecular weight is 335 g/mol. The van der Waals surface area contributed by atoms with Crippen LogP contribution < -0.4 is 0 Å². The molecular weight excluding hydrogens is 314 g/mol. The molecule has 1 amide bonds.